The molecule has 11 heavy (non-hydrogen) atoms. The Bertz CT molecular complexity index is 173. The van der Waals surface area contributed by atoms with E-state index < -0.39 is 13.8 Å². The van der Waals surface area contributed by atoms with Gasteiger partial charge in [-0.25, -0.2) is 4.57 Å². The molecule has 66 valence electrons. The van der Waals surface area contributed by atoms with Crippen LogP contribution in [0.4, 0.5) is 0 Å². The minimum atomic E-state index is -3.68. The molecule has 0 aliphatic rings. The summed E-state index contributed by atoms with van der Waals surface area (Å²) in [5.41, 5.74) is 4.88. The van der Waals surface area contributed by atoms with Gasteiger partial charge >= 0.3 is 13.8 Å². The van der Waals surface area contributed by atoms with E-state index in [1.165, 1.54) is 0 Å². The molecule has 0 aromatic carbocycles. The topological polar surface area (TPSA) is 87.9 Å². The average molecular weight is 183 g/mol. The predicted octanol–water partition coefficient (Wildman–Crippen LogP) is -0.111. The maximum absolute atomic E-state index is 11.0. The van der Waals surface area contributed by atoms with E-state index in [2.05, 4.69) is 13.6 Å². The van der Waals surface area contributed by atoms with Gasteiger partial charge in [0, 0.05) is 14.2 Å². The van der Waals surface area contributed by atoms with Crippen LogP contribution in [0.1, 0.15) is 0 Å². The first-order valence-electron chi connectivity index (χ1n) is 2.72. The minimum Gasteiger partial charge on any atom is -0.369 e. The molecule has 7 heteroatoms. The van der Waals surface area contributed by atoms with Gasteiger partial charge in [0.1, 0.15) is 0 Å². The van der Waals surface area contributed by atoms with Crippen LogP contribution in [0.15, 0.2) is 0 Å². The van der Waals surface area contributed by atoms with Gasteiger partial charge in [-0.3, -0.25) is 13.8 Å². The van der Waals surface area contributed by atoms with Crippen molar-refractivity contribution in [1.82, 2.24) is 0 Å². The van der Waals surface area contributed by atoms with Crippen molar-refractivity contribution < 1.29 is 22.9 Å². The molecular formula is C4H10NO5P. The molecule has 0 amide bonds. The lowest BCUT2D eigenvalue weighted by Crippen LogP contribution is -2.16. The number of phosphoric ester groups is 1. The Labute approximate surface area is 64.2 Å². The van der Waals surface area contributed by atoms with Crippen LogP contribution >= 0.6 is 7.82 Å². The van der Waals surface area contributed by atoms with Gasteiger partial charge in [0.2, 0.25) is 0 Å². The molecule has 0 rings (SSSR count). The minimum absolute atomic E-state index is 0.364. The van der Waals surface area contributed by atoms with Crippen LogP contribution in [-0.2, 0) is 22.9 Å². The zero-order valence-electron chi connectivity index (χ0n) is 6.27. The number of carbonyl (C=O) groups is 1. The average Bonchev–Trinajstić information content (AvgIpc) is 2.04. The van der Waals surface area contributed by atoms with Crippen LogP contribution in [0.2, 0.25) is 0 Å². The van der Waals surface area contributed by atoms with Gasteiger partial charge in [0.25, 0.3) is 0 Å². The SMILES string of the molecule is COP(=O)(OC)OC(=O)CN. The highest BCUT2D eigenvalue weighted by atomic mass is 31.2. The zero-order valence-corrected chi connectivity index (χ0v) is 7.17. The molecule has 0 aliphatic heterocycles. The summed E-state index contributed by atoms with van der Waals surface area (Å²) in [5.74, 6) is -0.836. The summed E-state index contributed by atoms with van der Waals surface area (Å²) in [5, 5.41) is 0. The molecule has 0 bridgehead atoms. The quantitative estimate of drug-likeness (QED) is 0.611. The van der Waals surface area contributed by atoms with Crippen LogP contribution in [0.3, 0.4) is 0 Å². The summed E-state index contributed by atoms with van der Waals surface area (Å²) in [6.07, 6.45) is 0. The van der Waals surface area contributed by atoms with Crippen molar-refractivity contribution in [1.29, 1.82) is 0 Å². The summed E-state index contributed by atoms with van der Waals surface area (Å²) in [6, 6.07) is 0. The monoisotopic (exact) mass is 183 g/mol. The van der Waals surface area contributed by atoms with E-state index >= 15 is 0 Å². The van der Waals surface area contributed by atoms with E-state index in [0.29, 0.717) is 0 Å². The molecular weight excluding hydrogens is 173 g/mol. The van der Waals surface area contributed by atoms with Crippen LogP contribution < -0.4 is 5.73 Å². The third-order valence-electron chi connectivity index (χ3n) is 0.828. The van der Waals surface area contributed by atoms with E-state index in [1.807, 2.05) is 0 Å². The molecule has 0 saturated heterocycles. The molecule has 0 saturated carbocycles. The second kappa shape index (κ2) is 4.46. The molecule has 0 aliphatic carbocycles. The van der Waals surface area contributed by atoms with E-state index in [0.717, 1.165) is 14.2 Å². The molecule has 0 heterocycles. The van der Waals surface area contributed by atoms with Crippen molar-refractivity contribution in [2.24, 2.45) is 5.73 Å². The Hall–Kier alpha value is -0.420. The maximum Gasteiger partial charge on any atom is 0.531 e. The highest BCUT2D eigenvalue weighted by Gasteiger charge is 2.26. The fourth-order valence-corrected chi connectivity index (χ4v) is 0.933. The van der Waals surface area contributed by atoms with Crippen molar-refractivity contribution in [3.05, 3.63) is 0 Å². The highest BCUT2D eigenvalue weighted by molar-refractivity contribution is 7.49. The number of rotatable bonds is 4. The number of carbonyl (C=O) groups excluding carboxylic acids is 1. The van der Waals surface area contributed by atoms with Gasteiger partial charge in [0.15, 0.2) is 0 Å². The first kappa shape index (κ1) is 10.6. The molecule has 0 aromatic rings. The molecule has 0 unspecified atom stereocenters. The normalized spacial score (nSPS) is 11.2. The predicted molar refractivity (Wildman–Crippen MR) is 36.8 cm³/mol. The standard InChI is InChI=1S/C4H10NO5P/c1-8-11(7,9-2)10-4(6)3-5/h3,5H2,1-2H3. The van der Waals surface area contributed by atoms with Crippen LogP contribution in [0, 0.1) is 0 Å². The van der Waals surface area contributed by atoms with Crippen LogP contribution in [0.5, 0.6) is 0 Å². The lowest BCUT2D eigenvalue weighted by Gasteiger charge is -2.11. The lowest BCUT2D eigenvalue weighted by molar-refractivity contribution is -0.134. The highest BCUT2D eigenvalue weighted by Crippen LogP contribution is 2.47. The van der Waals surface area contributed by atoms with Crippen LogP contribution in [0.25, 0.3) is 0 Å². The molecule has 0 atom stereocenters. The zero-order chi connectivity index (χ0) is 8.91. The second-order valence-electron chi connectivity index (χ2n) is 1.48. The molecule has 0 spiro atoms. The Kier molecular flexibility index (Phi) is 4.29. The van der Waals surface area contributed by atoms with E-state index in [9.17, 15) is 9.36 Å². The summed E-state index contributed by atoms with van der Waals surface area (Å²) >= 11 is 0. The summed E-state index contributed by atoms with van der Waals surface area (Å²) < 4.78 is 23.8. The van der Waals surface area contributed by atoms with E-state index in [4.69, 9.17) is 5.73 Å². The first-order chi connectivity index (χ1) is 5.08. The number of phosphoric acid groups is 1. The van der Waals surface area contributed by atoms with Crippen molar-refractivity contribution in [3.8, 4) is 0 Å². The van der Waals surface area contributed by atoms with Crippen molar-refractivity contribution in [2.75, 3.05) is 20.8 Å². The van der Waals surface area contributed by atoms with Crippen molar-refractivity contribution in [3.63, 3.8) is 0 Å². The number of hydrogen-bond donors (Lipinski definition) is 1. The van der Waals surface area contributed by atoms with Gasteiger partial charge in [-0.15, -0.1) is 0 Å². The van der Waals surface area contributed by atoms with Gasteiger partial charge in [-0.05, 0) is 0 Å². The number of hydrogen-bond acceptors (Lipinski definition) is 6. The first-order valence-corrected chi connectivity index (χ1v) is 4.18. The molecule has 0 radical (unpaired) electrons. The van der Waals surface area contributed by atoms with Crippen molar-refractivity contribution in [2.45, 2.75) is 0 Å². The summed E-state index contributed by atoms with van der Waals surface area (Å²) in [6.45, 7) is -0.364. The van der Waals surface area contributed by atoms with E-state index in [-0.39, 0.29) is 6.54 Å². The largest absolute Gasteiger partial charge is 0.531 e. The summed E-state index contributed by atoms with van der Waals surface area (Å²) in [7, 11) is -1.47. The van der Waals surface area contributed by atoms with Crippen molar-refractivity contribution >= 4 is 13.8 Å². The van der Waals surface area contributed by atoms with Gasteiger partial charge < -0.3 is 10.3 Å². The molecule has 0 aromatic heterocycles. The lowest BCUT2D eigenvalue weighted by atomic mass is 10.7. The van der Waals surface area contributed by atoms with Gasteiger partial charge in [0.05, 0.1) is 6.54 Å². The van der Waals surface area contributed by atoms with Crippen LogP contribution in [-0.4, -0.2) is 26.7 Å². The third-order valence-corrected chi connectivity index (χ3v) is 2.15. The second-order valence-corrected chi connectivity index (χ2v) is 3.29. The third kappa shape index (κ3) is 3.48. The summed E-state index contributed by atoms with van der Waals surface area (Å²) in [4.78, 5) is 10.5. The Morgan fingerprint density at radius 3 is 2.18 bits per heavy atom. The van der Waals surface area contributed by atoms with Gasteiger partial charge in [-0.1, -0.05) is 0 Å². The molecule has 2 N–H and O–H groups in total. The Balaban J connectivity index is 4.09. The molecule has 6 nitrogen and oxygen atoms in total. The Morgan fingerprint density at radius 1 is 1.45 bits per heavy atom. The maximum atomic E-state index is 11.0. The molecule has 0 fully saturated rings. The fourth-order valence-electron chi connectivity index (χ4n) is 0.311. The fraction of sp³-hybridized carbons (Fsp3) is 0.750. The van der Waals surface area contributed by atoms with Gasteiger partial charge in [-0.2, -0.15) is 0 Å². The smallest absolute Gasteiger partial charge is 0.369 e. The Morgan fingerprint density at radius 2 is 1.91 bits per heavy atom. The van der Waals surface area contributed by atoms with E-state index in [1.54, 1.807) is 0 Å². The number of nitrogens with two attached hydrogens (primary N) is 1.